The van der Waals surface area contributed by atoms with E-state index in [4.69, 9.17) is 0 Å². The Balaban J connectivity index is 1.79. The molecule has 0 radical (unpaired) electrons. The van der Waals surface area contributed by atoms with Gasteiger partial charge in [0.05, 0.1) is 0 Å². The highest BCUT2D eigenvalue weighted by Crippen LogP contribution is 2.25. The highest BCUT2D eigenvalue weighted by atomic mass is 79.9. The molecule has 0 saturated carbocycles. The van der Waals surface area contributed by atoms with Crippen molar-refractivity contribution in [1.29, 1.82) is 0 Å². The molecule has 1 aromatic heterocycles. The summed E-state index contributed by atoms with van der Waals surface area (Å²) in [5, 5.41) is 3.43. The van der Waals surface area contributed by atoms with Crippen LogP contribution in [0.15, 0.2) is 28.7 Å². The van der Waals surface area contributed by atoms with Crippen molar-refractivity contribution in [2.45, 2.75) is 20.8 Å². The van der Waals surface area contributed by atoms with Crippen LogP contribution in [-0.4, -0.2) is 47.6 Å². The van der Waals surface area contributed by atoms with Crippen molar-refractivity contribution >= 4 is 33.3 Å². The Bertz CT molecular complexity index is 711. The molecule has 1 saturated heterocycles. The number of aryl methyl sites for hydroxylation is 2. The lowest BCUT2D eigenvalue weighted by Crippen LogP contribution is -2.46. The molecule has 0 unspecified atom stereocenters. The van der Waals surface area contributed by atoms with Gasteiger partial charge in [0, 0.05) is 42.4 Å². The summed E-state index contributed by atoms with van der Waals surface area (Å²) in [5.41, 5.74) is 2.25. The highest BCUT2D eigenvalue weighted by molar-refractivity contribution is 9.10. The fourth-order valence-electron chi connectivity index (χ4n) is 2.98. The number of likely N-dealkylation sites (N-methyl/N-ethyl adjacent to an activating group) is 1. The molecule has 1 N–H and O–H groups in total. The molecule has 1 aliphatic heterocycles. The quantitative estimate of drug-likeness (QED) is 0.862. The molecule has 0 atom stereocenters. The van der Waals surface area contributed by atoms with E-state index in [1.54, 1.807) is 0 Å². The lowest BCUT2D eigenvalue weighted by atomic mass is 10.2. The molecule has 0 bridgehead atoms. The van der Waals surface area contributed by atoms with E-state index in [9.17, 15) is 0 Å². The fraction of sp³-hybridized carbons (Fsp3) is 0.444. The third-order valence-electron chi connectivity index (χ3n) is 4.42. The van der Waals surface area contributed by atoms with Crippen LogP contribution in [-0.2, 0) is 0 Å². The number of nitrogens with one attached hydrogen (secondary N) is 1. The number of benzene rings is 1. The molecule has 2 heterocycles. The van der Waals surface area contributed by atoms with Gasteiger partial charge in [0.25, 0.3) is 0 Å². The van der Waals surface area contributed by atoms with Crippen LogP contribution in [0.4, 0.5) is 17.3 Å². The van der Waals surface area contributed by atoms with Gasteiger partial charge < -0.3 is 15.1 Å². The molecule has 1 aromatic carbocycles. The van der Waals surface area contributed by atoms with Crippen LogP contribution in [0.5, 0.6) is 0 Å². The van der Waals surface area contributed by atoms with Crippen molar-refractivity contribution in [2.24, 2.45) is 0 Å². The molecule has 128 valence electrons. The summed E-state index contributed by atoms with van der Waals surface area (Å²) in [6.45, 7) is 11.6. The van der Waals surface area contributed by atoms with Crippen molar-refractivity contribution in [1.82, 2.24) is 14.9 Å². The van der Waals surface area contributed by atoms with E-state index >= 15 is 0 Å². The normalized spacial score (nSPS) is 15.6. The molecule has 6 heteroatoms. The summed E-state index contributed by atoms with van der Waals surface area (Å²) >= 11 is 3.50. The number of halogens is 1. The molecule has 1 fully saturated rings. The molecule has 0 spiro atoms. The second-order valence-electron chi connectivity index (χ2n) is 6.16. The first-order chi connectivity index (χ1) is 11.5. The Kier molecular flexibility index (Phi) is 5.36. The zero-order valence-corrected chi connectivity index (χ0v) is 16.1. The molecular weight excluding hydrogens is 366 g/mol. The first kappa shape index (κ1) is 17.2. The predicted molar refractivity (Wildman–Crippen MR) is 103 cm³/mol. The first-order valence-electron chi connectivity index (χ1n) is 8.41. The number of hydrogen-bond donors (Lipinski definition) is 1. The Labute approximate surface area is 152 Å². The number of hydrogen-bond acceptors (Lipinski definition) is 5. The van der Waals surface area contributed by atoms with Gasteiger partial charge in [0.15, 0.2) is 0 Å². The van der Waals surface area contributed by atoms with Crippen LogP contribution >= 0.6 is 15.9 Å². The van der Waals surface area contributed by atoms with Crippen LogP contribution in [0.25, 0.3) is 0 Å². The van der Waals surface area contributed by atoms with Gasteiger partial charge in [-0.1, -0.05) is 22.9 Å². The Hall–Kier alpha value is -1.66. The van der Waals surface area contributed by atoms with E-state index < -0.39 is 0 Å². The van der Waals surface area contributed by atoms with Gasteiger partial charge in [0.1, 0.15) is 17.5 Å². The summed E-state index contributed by atoms with van der Waals surface area (Å²) in [4.78, 5) is 14.0. The van der Waals surface area contributed by atoms with Crippen LogP contribution in [0.3, 0.4) is 0 Å². The lowest BCUT2D eigenvalue weighted by molar-refractivity contribution is 0.270. The van der Waals surface area contributed by atoms with E-state index in [1.165, 1.54) is 5.56 Å². The van der Waals surface area contributed by atoms with Gasteiger partial charge in [0.2, 0.25) is 0 Å². The summed E-state index contributed by atoms with van der Waals surface area (Å²) < 4.78 is 1.08. The average Bonchev–Trinajstić information content (AvgIpc) is 2.57. The Morgan fingerprint density at radius 3 is 2.50 bits per heavy atom. The third kappa shape index (κ3) is 4.05. The summed E-state index contributed by atoms with van der Waals surface area (Å²) in [6.07, 6.45) is 0. The van der Waals surface area contributed by atoms with Gasteiger partial charge in [-0.2, -0.15) is 0 Å². The number of piperazine rings is 1. The summed E-state index contributed by atoms with van der Waals surface area (Å²) in [6, 6.07) is 8.25. The Morgan fingerprint density at radius 2 is 1.83 bits per heavy atom. The van der Waals surface area contributed by atoms with Gasteiger partial charge in [-0.05, 0) is 44.2 Å². The van der Waals surface area contributed by atoms with E-state index in [2.05, 4.69) is 73.1 Å². The molecular formula is C18H24BrN5. The average molecular weight is 390 g/mol. The Morgan fingerprint density at radius 1 is 1.08 bits per heavy atom. The topological polar surface area (TPSA) is 44.3 Å². The second kappa shape index (κ2) is 7.49. The predicted octanol–water partition coefficient (Wildman–Crippen LogP) is 3.74. The number of anilines is 3. The number of nitrogens with zero attached hydrogens (tertiary/aromatic N) is 4. The molecule has 0 aliphatic carbocycles. The standard InChI is InChI=1S/C18H24BrN5/c1-4-23-7-9-24(10-8-23)18-12-17(20-14(3)21-18)22-16-6-5-15(19)11-13(16)2/h5-6,11-12H,4,7-10H2,1-3H3,(H,20,21,22). The van der Waals surface area contributed by atoms with E-state index in [0.717, 1.165) is 60.3 Å². The zero-order chi connectivity index (χ0) is 17.1. The fourth-order valence-corrected chi connectivity index (χ4v) is 3.45. The monoisotopic (exact) mass is 389 g/mol. The van der Waals surface area contributed by atoms with Crippen LogP contribution in [0.1, 0.15) is 18.3 Å². The minimum absolute atomic E-state index is 0.794. The van der Waals surface area contributed by atoms with Crippen molar-refractivity contribution in [3.05, 3.63) is 40.1 Å². The summed E-state index contributed by atoms with van der Waals surface area (Å²) in [7, 11) is 0. The molecule has 3 rings (SSSR count). The van der Waals surface area contributed by atoms with Gasteiger partial charge >= 0.3 is 0 Å². The van der Waals surface area contributed by atoms with Crippen molar-refractivity contribution < 1.29 is 0 Å². The van der Waals surface area contributed by atoms with E-state index in [-0.39, 0.29) is 0 Å². The first-order valence-corrected chi connectivity index (χ1v) is 9.20. The van der Waals surface area contributed by atoms with Crippen LogP contribution in [0, 0.1) is 13.8 Å². The maximum absolute atomic E-state index is 4.64. The smallest absolute Gasteiger partial charge is 0.136 e. The van der Waals surface area contributed by atoms with Crippen molar-refractivity contribution in [2.75, 3.05) is 42.9 Å². The van der Waals surface area contributed by atoms with Crippen LogP contribution < -0.4 is 10.2 Å². The highest BCUT2D eigenvalue weighted by Gasteiger charge is 2.18. The minimum Gasteiger partial charge on any atom is -0.354 e. The molecule has 0 amide bonds. The third-order valence-corrected chi connectivity index (χ3v) is 4.91. The van der Waals surface area contributed by atoms with Crippen LogP contribution in [0.2, 0.25) is 0 Å². The van der Waals surface area contributed by atoms with Crippen molar-refractivity contribution in [3.63, 3.8) is 0 Å². The second-order valence-corrected chi connectivity index (χ2v) is 7.08. The van der Waals surface area contributed by atoms with E-state index in [0.29, 0.717) is 0 Å². The SMILES string of the molecule is CCN1CCN(c2cc(Nc3ccc(Br)cc3C)nc(C)n2)CC1. The summed E-state index contributed by atoms with van der Waals surface area (Å²) in [5.74, 6) is 2.65. The number of rotatable bonds is 4. The minimum atomic E-state index is 0.794. The number of aromatic nitrogens is 2. The van der Waals surface area contributed by atoms with E-state index in [1.807, 2.05) is 13.0 Å². The van der Waals surface area contributed by atoms with Crippen molar-refractivity contribution in [3.8, 4) is 0 Å². The lowest BCUT2D eigenvalue weighted by Gasteiger charge is -2.34. The zero-order valence-electron chi connectivity index (χ0n) is 14.5. The molecule has 1 aliphatic rings. The molecule has 2 aromatic rings. The van der Waals surface area contributed by atoms with Gasteiger partial charge in [-0.25, -0.2) is 9.97 Å². The largest absolute Gasteiger partial charge is 0.354 e. The van der Waals surface area contributed by atoms with Gasteiger partial charge in [-0.15, -0.1) is 0 Å². The molecule has 24 heavy (non-hydrogen) atoms. The maximum atomic E-state index is 4.64. The maximum Gasteiger partial charge on any atom is 0.136 e. The van der Waals surface area contributed by atoms with Gasteiger partial charge in [-0.3, -0.25) is 0 Å². The molecule has 5 nitrogen and oxygen atoms in total.